The molecule has 0 radical (unpaired) electrons. The maximum Gasteiger partial charge on any atom is 0.226 e. The molecular formula is C17H24N2O2. The van der Waals surface area contributed by atoms with Crippen molar-refractivity contribution in [3.8, 4) is 11.5 Å². The first-order chi connectivity index (χ1) is 10.1. The van der Waals surface area contributed by atoms with E-state index in [1.807, 2.05) is 38.1 Å². The highest BCUT2D eigenvalue weighted by Crippen LogP contribution is 2.19. The predicted octanol–water partition coefficient (Wildman–Crippen LogP) is 3.15. The molecule has 1 unspecified atom stereocenters. The summed E-state index contributed by atoms with van der Waals surface area (Å²) in [7, 11) is 0. The molecule has 1 heterocycles. The average Bonchev–Trinajstić information content (AvgIpc) is 2.93. The van der Waals surface area contributed by atoms with Gasteiger partial charge in [0.15, 0.2) is 0 Å². The molecule has 4 nitrogen and oxygen atoms in total. The molecule has 0 aliphatic carbocycles. The fourth-order valence-electron chi connectivity index (χ4n) is 2.02. The normalized spacial score (nSPS) is 12.8. The summed E-state index contributed by atoms with van der Waals surface area (Å²) >= 11 is 0. The summed E-state index contributed by atoms with van der Waals surface area (Å²) in [6.45, 7) is 7.53. The molecule has 2 aromatic rings. The summed E-state index contributed by atoms with van der Waals surface area (Å²) in [5.41, 5.74) is 3.09. The molecule has 4 heteroatoms. The van der Waals surface area contributed by atoms with E-state index in [0.29, 0.717) is 18.4 Å². The van der Waals surface area contributed by atoms with Crippen LogP contribution >= 0.6 is 0 Å². The number of hydrogen-bond donors (Lipinski definition) is 2. The molecule has 0 saturated heterocycles. The summed E-state index contributed by atoms with van der Waals surface area (Å²) in [4.78, 5) is 4.47. The maximum atomic E-state index is 9.72. The van der Waals surface area contributed by atoms with E-state index in [1.54, 1.807) is 6.26 Å². The van der Waals surface area contributed by atoms with Crippen molar-refractivity contribution in [1.82, 2.24) is 10.3 Å². The highest BCUT2D eigenvalue weighted by molar-refractivity contribution is 5.53. The van der Waals surface area contributed by atoms with Crippen molar-refractivity contribution >= 4 is 0 Å². The topological polar surface area (TPSA) is 58.3 Å². The zero-order chi connectivity index (χ0) is 15.2. The molecule has 0 saturated carbocycles. The lowest BCUT2D eigenvalue weighted by molar-refractivity contribution is 0.116. The van der Waals surface area contributed by atoms with Crippen molar-refractivity contribution in [2.75, 3.05) is 6.54 Å². The van der Waals surface area contributed by atoms with E-state index in [4.69, 9.17) is 4.42 Å². The Morgan fingerprint density at radius 2 is 1.95 bits per heavy atom. The second-order valence-corrected chi connectivity index (χ2v) is 5.79. The van der Waals surface area contributed by atoms with Crippen LogP contribution in [-0.2, 0) is 6.54 Å². The van der Waals surface area contributed by atoms with Gasteiger partial charge in [0.05, 0.1) is 11.8 Å². The summed E-state index contributed by atoms with van der Waals surface area (Å²) < 4.78 is 5.51. The van der Waals surface area contributed by atoms with Crippen LogP contribution in [0.25, 0.3) is 11.5 Å². The van der Waals surface area contributed by atoms with Gasteiger partial charge in [-0.05, 0) is 37.9 Å². The van der Waals surface area contributed by atoms with Crippen molar-refractivity contribution in [2.45, 2.75) is 39.8 Å². The lowest BCUT2D eigenvalue weighted by atomic mass is 10.0. The molecule has 114 valence electrons. The number of nitrogens with zero attached hydrogens (tertiary/aromatic N) is 1. The molecule has 21 heavy (non-hydrogen) atoms. The Balaban J connectivity index is 1.82. The first kappa shape index (κ1) is 15.7. The smallest absolute Gasteiger partial charge is 0.226 e. The van der Waals surface area contributed by atoms with Crippen LogP contribution in [0.3, 0.4) is 0 Å². The van der Waals surface area contributed by atoms with E-state index < -0.39 is 0 Å². The number of hydrogen-bond acceptors (Lipinski definition) is 4. The third-order valence-electron chi connectivity index (χ3n) is 3.54. The van der Waals surface area contributed by atoms with Gasteiger partial charge in [-0.2, -0.15) is 0 Å². The molecule has 0 aliphatic rings. The van der Waals surface area contributed by atoms with Crippen molar-refractivity contribution in [2.24, 2.45) is 5.92 Å². The highest BCUT2D eigenvalue weighted by Gasteiger charge is 2.09. The van der Waals surface area contributed by atoms with Crippen LogP contribution < -0.4 is 5.32 Å². The van der Waals surface area contributed by atoms with Gasteiger partial charge in [-0.3, -0.25) is 0 Å². The molecule has 1 aromatic heterocycles. The first-order valence-corrected chi connectivity index (χ1v) is 7.46. The van der Waals surface area contributed by atoms with E-state index in [9.17, 15) is 5.11 Å². The number of aryl methyl sites for hydroxylation is 1. The van der Waals surface area contributed by atoms with Crippen LogP contribution in [0.4, 0.5) is 0 Å². The number of aliphatic hydroxyl groups excluding tert-OH is 1. The first-order valence-electron chi connectivity index (χ1n) is 7.46. The zero-order valence-corrected chi connectivity index (χ0v) is 13.0. The van der Waals surface area contributed by atoms with Crippen LogP contribution in [0.15, 0.2) is 34.9 Å². The summed E-state index contributed by atoms with van der Waals surface area (Å²) in [6, 6.07) is 8.12. The number of oxazole rings is 1. The molecule has 1 atom stereocenters. The van der Waals surface area contributed by atoms with Gasteiger partial charge < -0.3 is 14.8 Å². The fraction of sp³-hybridized carbons (Fsp3) is 0.471. The molecule has 0 amide bonds. The van der Waals surface area contributed by atoms with Gasteiger partial charge in [0.2, 0.25) is 5.89 Å². The van der Waals surface area contributed by atoms with E-state index in [2.05, 4.69) is 17.2 Å². The number of benzene rings is 1. The van der Waals surface area contributed by atoms with Gasteiger partial charge in [0, 0.05) is 12.1 Å². The second kappa shape index (κ2) is 7.38. The van der Waals surface area contributed by atoms with Crippen LogP contribution in [0, 0.1) is 12.8 Å². The SMILES string of the molecule is Cc1ccc(-c2nc(CNCCC(O)C(C)C)co2)cc1. The maximum absolute atomic E-state index is 9.72. The Hall–Kier alpha value is -1.65. The monoisotopic (exact) mass is 288 g/mol. The minimum absolute atomic E-state index is 0.252. The summed E-state index contributed by atoms with van der Waals surface area (Å²) in [5, 5.41) is 13.0. The van der Waals surface area contributed by atoms with Gasteiger partial charge >= 0.3 is 0 Å². The van der Waals surface area contributed by atoms with Gasteiger partial charge in [0.1, 0.15) is 6.26 Å². The fourth-order valence-corrected chi connectivity index (χ4v) is 2.02. The minimum atomic E-state index is -0.252. The molecule has 2 N–H and O–H groups in total. The van der Waals surface area contributed by atoms with Crippen molar-refractivity contribution < 1.29 is 9.52 Å². The lowest BCUT2D eigenvalue weighted by Gasteiger charge is -2.13. The Morgan fingerprint density at radius 3 is 2.62 bits per heavy atom. The largest absolute Gasteiger partial charge is 0.444 e. The Labute approximate surface area is 126 Å². The molecule has 2 rings (SSSR count). The number of aliphatic hydroxyl groups is 1. The molecular weight excluding hydrogens is 264 g/mol. The molecule has 0 spiro atoms. The summed E-state index contributed by atoms with van der Waals surface area (Å²) in [6.07, 6.45) is 2.18. The highest BCUT2D eigenvalue weighted by atomic mass is 16.3. The van der Waals surface area contributed by atoms with Gasteiger partial charge in [-0.15, -0.1) is 0 Å². The van der Waals surface area contributed by atoms with Crippen LogP contribution in [0.5, 0.6) is 0 Å². The standard InChI is InChI=1S/C17H24N2O2/c1-12(2)16(20)8-9-18-10-15-11-21-17(19-15)14-6-4-13(3)5-7-14/h4-7,11-12,16,18,20H,8-10H2,1-3H3. The quantitative estimate of drug-likeness (QED) is 0.768. The van der Waals surface area contributed by atoms with Crippen molar-refractivity contribution in [3.05, 3.63) is 41.8 Å². The molecule has 0 fully saturated rings. The van der Waals surface area contributed by atoms with E-state index in [-0.39, 0.29) is 6.10 Å². The Morgan fingerprint density at radius 1 is 1.24 bits per heavy atom. The zero-order valence-electron chi connectivity index (χ0n) is 13.0. The van der Waals surface area contributed by atoms with Crippen LogP contribution in [-0.4, -0.2) is 22.7 Å². The lowest BCUT2D eigenvalue weighted by Crippen LogP contribution is -2.23. The average molecular weight is 288 g/mol. The third-order valence-corrected chi connectivity index (χ3v) is 3.54. The van der Waals surface area contributed by atoms with Gasteiger partial charge in [-0.25, -0.2) is 4.98 Å². The third kappa shape index (κ3) is 4.69. The predicted molar refractivity (Wildman–Crippen MR) is 83.8 cm³/mol. The number of rotatable bonds is 7. The number of aromatic nitrogens is 1. The Bertz CT molecular complexity index is 546. The molecule has 0 aliphatic heterocycles. The van der Waals surface area contributed by atoms with E-state index >= 15 is 0 Å². The minimum Gasteiger partial charge on any atom is -0.444 e. The van der Waals surface area contributed by atoms with E-state index in [0.717, 1.165) is 24.2 Å². The van der Waals surface area contributed by atoms with Gasteiger partial charge in [-0.1, -0.05) is 31.5 Å². The second-order valence-electron chi connectivity index (χ2n) is 5.79. The van der Waals surface area contributed by atoms with Crippen LogP contribution in [0.1, 0.15) is 31.5 Å². The van der Waals surface area contributed by atoms with Gasteiger partial charge in [0.25, 0.3) is 0 Å². The van der Waals surface area contributed by atoms with Crippen molar-refractivity contribution in [1.29, 1.82) is 0 Å². The van der Waals surface area contributed by atoms with E-state index in [1.165, 1.54) is 5.56 Å². The molecule has 0 bridgehead atoms. The Kier molecular flexibility index (Phi) is 5.53. The van der Waals surface area contributed by atoms with Crippen molar-refractivity contribution in [3.63, 3.8) is 0 Å². The summed E-state index contributed by atoms with van der Waals surface area (Å²) in [5.74, 6) is 0.945. The van der Waals surface area contributed by atoms with Crippen LogP contribution in [0.2, 0.25) is 0 Å². The number of nitrogens with one attached hydrogen (secondary N) is 1. The molecule has 1 aromatic carbocycles.